The van der Waals surface area contributed by atoms with E-state index >= 15 is 0 Å². The summed E-state index contributed by atoms with van der Waals surface area (Å²) < 4.78 is 38.7. The Kier molecular flexibility index (Phi) is 7.45. The molecular weight excluding hydrogens is 482 g/mol. The van der Waals surface area contributed by atoms with E-state index in [0.717, 1.165) is 12.1 Å². The maximum Gasteiger partial charge on any atom is 0.416 e. The molecule has 0 fully saturated rings. The monoisotopic (exact) mass is 497 g/mol. The van der Waals surface area contributed by atoms with Gasteiger partial charge < -0.3 is 15.7 Å². The molecule has 0 aliphatic heterocycles. The minimum atomic E-state index is -4.54. The third-order valence-electron chi connectivity index (χ3n) is 4.58. The van der Waals surface area contributed by atoms with Crippen molar-refractivity contribution in [2.75, 3.05) is 10.6 Å². The fourth-order valence-corrected chi connectivity index (χ4v) is 3.39. The van der Waals surface area contributed by atoms with Gasteiger partial charge in [0.25, 0.3) is 5.91 Å². The van der Waals surface area contributed by atoms with Crippen LogP contribution in [0.15, 0.2) is 60.9 Å². The Hall–Kier alpha value is -3.30. The lowest BCUT2D eigenvalue weighted by molar-refractivity contribution is -0.138. The van der Waals surface area contributed by atoms with Gasteiger partial charge >= 0.3 is 12.1 Å². The molecule has 0 aliphatic rings. The molecule has 0 saturated heterocycles. The standard InChI is InChI=1S/C22H16Cl2F3N3O3/c23-16-10-28-11-17(24)19(16)30-20(31)13-6-4-12(5-7-13)8-18(21(32)33)29-15-3-1-2-14(9-15)22(25,26)27/h1-7,9-11,18,29H,8H2,(H,32,33)(H,28,30,31). The van der Waals surface area contributed by atoms with Crippen molar-refractivity contribution in [1.29, 1.82) is 0 Å². The number of aromatic nitrogens is 1. The van der Waals surface area contributed by atoms with E-state index in [1.165, 1.54) is 36.7 Å². The number of aliphatic carboxylic acids is 1. The van der Waals surface area contributed by atoms with Crippen LogP contribution in [0.5, 0.6) is 0 Å². The summed E-state index contributed by atoms with van der Waals surface area (Å²) in [6.07, 6.45) is -1.92. The molecule has 6 nitrogen and oxygen atoms in total. The number of carbonyl (C=O) groups excluding carboxylic acids is 1. The molecule has 33 heavy (non-hydrogen) atoms. The molecule has 0 spiro atoms. The predicted octanol–water partition coefficient (Wildman–Crippen LogP) is 5.77. The molecule has 1 aromatic heterocycles. The largest absolute Gasteiger partial charge is 0.480 e. The van der Waals surface area contributed by atoms with E-state index in [2.05, 4.69) is 15.6 Å². The molecule has 1 amide bonds. The minimum absolute atomic E-state index is 0.0272. The molecule has 0 bridgehead atoms. The maximum absolute atomic E-state index is 12.9. The Morgan fingerprint density at radius 1 is 1.03 bits per heavy atom. The van der Waals surface area contributed by atoms with Crippen molar-refractivity contribution in [3.8, 4) is 0 Å². The van der Waals surface area contributed by atoms with Gasteiger partial charge in [-0.3, -0.25) is 9.78 Å². The quantitative estimate of drug-likeness (QED) is 0.385. The second-order valence-electron chi connectivity index (χ2n) is 6.95. The first-order valence-electron chi connectivity index (χ1n) is 9.40. The highest BCUT2D eigenvalue weighted by molar-refractivity contribution is 6.39. The highest BCUT2D eigenvalue weighted by atomic mass is 35.5. The Morgan fingerprint density at radius 2 is 1.67 bits per heavy atom. The molecule has 1 atom stereocenters. The molecule has 2 aromatic carbocycles. The number of carboxylic acids is 1. The SMILES string of the molecule is O=C(Nc1c(Cl)cncc1Cl)c1ccc(CC(Nc2cccc(C(F)(F)F)c2)C(=O)O)cc1. The molecule has 1 unspecified atom stereocenters. The van der Waals surface area contributed by atoms with Gasteiger partial charge in [0.1, 0.15) is 6.04 Å². The fraction of sp³-hybridized carbons (Fsp3) is 0.136. The van der Waals surface area contributed by atoms with Gasteiger partial charge in [-0.15, -0.1) is 0 Å². The number of carbonyl (C=O) groups is 2. The smallest absolute Gasteiger partial charge is 0.416 e. The molecular formula is C22H16Cl2F3N3O3. The summed E-state index contributed by atoms with van der Waals surface area (Å²) in [4.78, 5) is 27.9. The number of benzene rings is 2. The van der Waals surface area contributed by atoms with Crippen LogP contribution < -0.4 is 10.6 Å². The van der Waals surface area contributed by atoms with Crippen LogP contribution in [0.25, 0.3) is 0 Å². The Bertz CT molecular complexity index is 1150. The van der Waals surface area contributed by atoms with E-state index < -0.39 is 29.7 Å². The van der Waals surface area contributed by atoms with E-state index in [1.807, 2.05) is 0 Å². The Labute approximate surface area is 196 Å². The van der Waals surface area contributed by atoms with E-state index in [0.29, 0.717) is 5.56 Å². The number of anilines is 2. The molecule has 3 aromatic rings. The highest BCUT2D eigenvalue weighted by Gasteiger charge is 2.30. The number of halogens is 5. The van der Waals surface area contributed by atoms with Crippen molar-refractivity contribution >= 4 is 46.5 Å². The highest BCUT2D eigenvalue weighted by Crippen LogP contribution is 2.31. The average Bonchev–Trinajstić information content (AvgIpc) is 2.76. The lowest BCUT2D eigenvalue weighted by atomic mass is 10.0. The predicted molar refractivity (Wildman–Crippen MR) is 119 cm³/mol. The van der Waals surface area contributed by atoms with Gasteiger partial charge in [0.05, 0.1) is 21.3 Å². The van der Waals surface area contributed by atoms with Crippen LogP contribution >= 0.6 is 23.2 Å². The summed E-state index contributed by atoms with van der Waals surface area (Å²) in [5.41, 5.74) is 0.165. The number of carboxylic acid groups (broad SMARTS) is 1. The molecule has 0 saturated carbocycles. The van der Waals surface area contributed by atoms with E-state index in [9.17, 15) is 27.9 Å². The van der Waals surface area contributed by atoms with Gasteiger partial charge in [0, 0.05) is 30.1 Å². The number of alkyl halides is 3. The summed E-state index contributed by atoms with van der Waals surface area (Å²) in [5, 5.41) is 15.0. The third-order valence-corrected chi connectivity index (χ3v) is 5.15. The van der Waals surface area contributed by atoms with Crippen LogP contribution in [0.2, 0.25) is 10.0 Å². The lowest BCUT2D eigenvalue weighted by Crippen LogP contribution is -2.31. The number of nitrogens with zero attached hydrogens (tertiary/aromatic N) is 1. The van der Waals surface area contributed by atoms with Crippen molar-refractivity contribution in [2.45, 2.75) is 18.6 Å². The van der Waals surface area contributed by atoms with Gasteiger partial charge in [-0.1, -0.05) is 41.4 Å². The zero-order valence-corrected chi connectivity index (χ0v) is 18.2. The number of hydrogen-bond donors (Lipinski definition) is 3. The molecule has 172 valence electrons. The second kappa shape index (κ2) is 10.1. The van der Waals surface area contributed by atoms with Gasteiger partial charge in [-0.25, -0.2) is 4.79 Å². The summed E-state index contributed by atoms with van der Waals surface area (Å²) >= 11 is 12.0. The fourth-order valence-electron chi connectivity index (χ4n) is 2.93. The second-order valence-corrected chi connectivity index (χ2v) is 7.76. The first-order valence-corrected chi connectivity index (χ1v) is 10.2. The van der Waals surface area contributed by atoms with Crippen LogP contribution in [0.4, 0.5) is 24.5 Å². The van der Waals surface area contributed by atoms with Crippen LogP contribution in [-0.4, -0.2) is 28.0 Å². The molecule has 3 N–H and O–H groups in total. The van der Waals surface area contributed by atoms with E-state index in [1.54, 1.807) is 12.1 Å². The van der Waals surface area contributed by atoms with Gasteiger partial charge in [-0.2, -0.15) is 13.2 Å². The molecule has 0 radical (unpaired) electrons. The lowest BCUT2D eigenvalue weighted by Gasteiger charge is -2.17. The zero-order valence-electron chi connectivity index (χ0n) is 16.7. The van der Waals surface area contributed by atoms with E-state index in [4.69, 9.17) is 23.2 Å². The summed E-state index contributed by atoms with van der Waals surface area (Å²) in [7, 11) is 0. The topological polar surface area (TPSA) is 91.3 Å². The first kappa shape index (κ1) is 24.3. The first-order chi connectivity index (χ1) is 15.5. The third kappa shape index (κ3) is 6.36. The molecule has 3 rings (SSSR count). The van der Waals surface area contributed by atoms with Crippen LogP contribution in [0.1, 0.15) is 21.5 Å². The number of hydrogen-bond acceptors (Lipinski definition) is 4. The van der Waals surface area contributed by atoms with Crippen LogP contribution in [-0.2, 0) is 17.4 Å². The van der Waals surface area contributed by atoms with Crippen molar-refractivity contribution < 1.29 is 27.9 Å². The summed E-state index contributed by atoms with van der Waals surface area (Å²) in [6, 6.07) is 9.17. The van der Waals surface area contributed by atoms with Crippen LogP contribution in [0, 0.1) is 0 Å². The van der Waals surface area contributed by atoms with Crippen molar-refractivity contribution in [3.63, 3.8) is 0 Å². The number of nitrogens with one attached hydrogen (secondary N) is 2. The number of amides is 1. The summed E-state index contributed by atoms with van der Waals surface area (Å²) in [6.45, 7) is 0. The van der Waals surface area contributed by atoms with Gasteiger partial charge in [0.15, 0.2) is 0 Å². The zero-order chi connectivity index (χ0) is 24.2. The van der Waals surface area contributed by atoms with Crippen molar-refractivity contribution in [2.24, 2.45) is 0 Å². The number of rotatable bonds is 7. The van der Waals surface area contributed by atoms with Gasteiger partial charge in [0.2, 0.25) is 0 Å². The van der Waals surface area contributed by atoms with Gasteiger partial charge in [-0.05, 0) is 35.9 Å². The summed E-state index contributed by atoms with van der Waals surface area (Å²) in [5.74, 6) is -1.73. The average molecular weight is 498 g/mol. The van der Waals surface area contributed by atoms with Crippen molar-refractivity contribution in [1.82, 2.24) is 4.98 Å². The van der Waals surface area contributed by atoms with Crippen LogP contribution in [0.3, 0.4) is 0 Å². The molecule has 11 heteroatoms. The number of pyridine rings is 1. The van der Waals surface area contributed by atoms with Crippen molar-refractivity contribution in [3.05, 3.63) is 87.7 Å². The molecule has 0 aliphatic carbocycles. The molecule has 1 heterocycles. The maximum atomic E-state index is 12.9. The normalized spacial score (nSPS) is 12.2. The van der Waals surface area contributed by atoms with E-state index in [-0.39, 0.29) is 33.4 Å². The Balaban J connectivity index is 1.70. The Morgan fingerprint density at radius 3 is 2.24 bits per heavy atom. The minimum Gasteiger partial charge on any atom is -0.480 e.